The van der Waals surface area contributed by atoms with Gasteiger partial charge in [0.25, 0.3) is 0 Å². The molecule has 0 fully saturated rings. The third kappa shape index (κ3) is 12.8. The molecule has 0 saturated heterocycles. The fourth-order valence-electron chi connectivity index (χ4n) is 4.71. The topological polar surface area (TPSA) is 83.3 Å². The standard InChI is InChI=1S/C31H47N5O2.C2H6.CH3Br/c1-6-7-8-9-10-13-20-35(5)21-14-19-32-29(37)18-17-24-22-25(31(2,3)4)30(38)28(23-24)36-33-26-15-11-12-16-27(26)34-36;2*1-2/h11-12,15-16,22-23,38H,6-10,13-14,17-21H2,1-5H3,(H,32,37);1-2H3;1H3. The van der Waals surface area contributed by atoms with Crippen molar-refractivity contribution in [2.45, 2.75) is 105 Å². The number of aromatic nitrogens is 3. The van der Waals surface area contributed by atoms with Gasteiger partial charge >= 0.3 is 0 Å². The Balaban J connectivity index is 0.00000211. The molecule has 0 radical (unpaired) electrons. The summed E-state index contributed by atoms with van der Waals surface area (Å²) in [5.74, 6) is 2.04. The molecule has 42 heavy (non-hydrogen) atoms. The second kappa shape index (κ2) is 20.5. The highest BCUT2D eigenvalue weighted by molar-refractivity contribution is 9.08. The van der Waals surface area contributed by atoms with Crippen molar-refractivity contribution in [3.8, 4) is 11.4 Å². The van der Waals surface area contributed by atoms with Crippen LogP contribution in [0, 0.1) is 0 Å². The number of hydrogen-bond donors (Lipinski definition) is 2. The summed E-state index contributed by atoms with van der Waals surface area (Å²) < 4.78 is 0. The summed E-state index contributed by atoms with van der Waals surface area (Å²) in [5, 5.41) is 23.3. The Kier molecular flexibility index (Phi) is 18.3. The van der Waals surface area contributed by atoms with Crippen LogP contribution in [0.25, 0.3) is 16.7 Å². The Morgan fingerprint density at radius 1 is 0.952 bits per heavy atom. The zero-order valence-corrected chi connectivity index (χ0v) is 29.1. The average molecular weight is 647 g/mol. The average Bonchev–Trinajstić information content (AvgIpc) is 3.42. The SMILES string of the molecule is CBr.CC.CCCCCCCCN(C)CCCNC(=O)CCc1cc(-n2nc3ccccc3n2)c(O)c(C(C)(C)C)c1. The summed E-state index contributed by atoms with van der Waals surface area (Å²) in [7, 11) is 2.17. The number of benzene rings is 2. The molecule has 236 valence electrons. The maximum Gasteiger partial charge on any atom is 0.220 e. The molecule has 0 spiro atoms. The minimum atomic E-state index is -0.273. The normalized spacial score (nSPS) is 11.1. The van der Waals surface area contributed by atoms with E-state index < -0.39 is 0 Å². The zero-order valence-electron chi connectivity index (χ0n) is 27.5. The zero-order chi connectivity index (χ0) is 31.5. The number of nitrogens with zero attached hydrogens (tertiary/aromatic N) is 4. The van der Waals surface area contributed by atoms with Gasteiger partial charge in [-0.05, 0) is 74.4 Å². The number of phenols is 1. The first kappa shape index (κ1) is 37.6. The molecule has 0 aliphatic carbocycles. The minimum Gasteiger partial charge on any atom is -0.505 e. The number of nitrogens with one attached hydrogen (secondary N) is 1. The number of hydrogen-bond acceptors (Lipinski definition) is 5. The fourth-order valence-corrected chi connectivity index (χ4v) is 4.71. The molecular weight excluding hydrogens is 590 g/mol. The van der Waals surface area contributed by atoms with E-state index in [1.165, 1.54) is 43.3 Å². The van der Waals surface area contributed by atoms with Gasteiger partial charge in [-0.3, -0.25) is 4.79 Å². The molecule has 2 N–H and O–H groups in total. The lowest BCUT2D eigenvalue weighted by Crippen LogP contribution is -2.28. The van der Waals surface area contributed by atoms with Crippen molar-refractivity contribution in [1.82, 2.24) is 25.2 Å². The van der Waals surface area contributed by atoms with Gasteiger partial charge in [-0.15, -0.1) is 15.0 Å². The highest BCUT2D eigenvalue weighted by Gasteiger charge is 2.23. The van der Waals surface area contributed by atoms with Crippen LogP contribution >= 0.6 is 15.9 Å². The number of fused-ring (bicyclic) bond motifs is 1. The Labute approximate surface area is 263 Å². The lowest BCUT2D eigenvalue weighted by molar-refractivity contribution is -0.121. The van der Waals surface area contributed by atoms with E-state index in [1.54, 1.807) is 0 Å². The van der Waals surface area contributed by atoms with Crippen LogP contribution in [0.4, 0.5) is 0 Å². The smallest absolute Gasteiger partial charge is 0.220 e. The Morgan fingerprint density at radius 2 is 1.52 bits per heavy atom. The predicted octanol–water partition coefficient (Wildman–Crippen LogP) is 8.19. The number of alkyl halides is 1. The number of carbonyl (C=O) groups is 1. The first-order valence-electron chi connectivity index (χ1n) is 15.7. The second-order valence-electron chi connectivity index (χ2n) is 11.5. The van der Waals surface area contributed by atoms with Crippen LogP contribution in [0.2, 0.25) is 0 Å². The first-order valence-corrected chi connectivity index (χ1v) is 17.3. The Bertz CT molecular complexity index is 1140. The van der Waals surface area contributed by atoms with Crippen LogP contribution in [0.15, 0.2) is 36.4 Å². The molecule has 0 aliphatic heterocycles. The molecule has 1 heterocycles. The molecule has 1 aromatic heterocycles. The van der Waals surface area contributed by atoms with E-state index in [1.807, 2.05) is 56.1 Å². The van der Waals surface area contributed by atoms with E-state index in [0.29, 0.717) is 25.1 Å². The fraction of sp³-hybridized carbons (Fsp3) is 0.618. The molecule has 3 rings (SSSR count). The maximum atomic E-state index is 12.6. The van der Waals surface area contributed by atoms with Crippen molar-refractivity contribution in [3.63, 3.8) is 0 Å². The molecule has 0 saturated carbocycles. The third-order valence-corrected chi connectivity index (χ3v) is 7.03. The molecule has 0 atom stereocenters. The molecular formula is C34H56BrN5O2. The van der Waals surface area contributed by atoms with Gasteiger partial charge in [-0.25, -0.2) is 0 Å². The third-order valence-electron chi connectivity index (χ3n) is 7.03. The van der Waals surface area contributed by atoms with Gasteiger partial charge in [0.2, 0.25) is 5.91 Å². The molecule has 7 nitrogen and oxygen atoms in total. The van der Waals surface area contributed by atoms with Crippen molar-refractivity contribution in [1.29, 1.82) is 0 Å². The van der Waals surface area contributed by atoms with Gasteiger partial charge < -0.3 is 15.3 Å². The summed E-state index contributed by atoms with van der Waals surface area (Å²) >= 11 is 2.94. The Morgan fingerprint density at radius 3 is 2.12 bits per heavy atom. The summed E-state index contributed by atoms with van der Waals surface area (Å²) in [6, 6.07) is 11.6. The maximum absolute atomic E-state index is 12.6. The largest absolute Gasteiger partial charge is 0.505 e. The number of unbranched alkanes of at least 4 members (excludes halogenated alkanes) is 5. The highest BCUT2D eigenvalue weighted by atomic mass is 79.9. The number of amides is 1. The van der Waals surface area contributed by atoms with E-state index in [0.717, 1.165) is 41.7 Å². The van der Waals surface area contributed by atoms with Gasteiger partial charge in [-0.1, -0.05) is 108 Å². The van der Waals surface area contributed by atoms with E-state index in [2.05, 4.69) is 71.1 Å². The van der Waals surface area contributed by atoms with Gasteiger partial charge in [0, 0.05) is 18.5 Å². The van der Waals surface area contributed by atoms with Crippen LogP contribution in [0.3, 0.4) is 0 Å². The van der Waals surface area contributed by atoms with Crippen molar-refractivity contribution in [2.75, 3.05) is 32.5 Å². The Hall–Kier alpha value is -2.45. The molecule has 8 heteroatoms. The number of aryl methyl sites for hydroxylation is 1. The lowest BCUT2D eigenvalue weighted by Gasteiger charge is -2.23. The van der Waals surface area contributed by atoms with Crippen molar-refractivity contribution < 1.29 is 9.90 Å². The number of carbonyl (C=O) groups excluding carboxylic acids is 1. The van der Waals surface area contributed by atoms with Crippen LogP contribution in [-0.4, -0.2) is 63.4 Å². The molecule has 0 bridgehead atoms. The van der Waals surface area contributed by atoms with Crippen LogP contribution in [0.5, 0.6) is 5.75 Å². The van der Waals surface area contributed by atoms with Crippen LogP contribution in [-0.2, 0) is 16.6 Å². The number of aromatic hydroxyl groups is 1. The molecule has 1 amide bonds. The summed E-state index contributed by atoms with van der Waals surface area (Å²) in [6.07, 6.45) is 9.83. The molecule has 3 aromatic rings. The number of halogens is 1. The minimum absolute atomic E-state index is 0.0541. The predicted molar refractivity (Wildman–Crippen MR) is 182 cm³/mol. The van der Waals surface area contributed by atoms with Crippen LogP contribution in [0.1, 0.15) is 104 Å². The molecule has 0 unspecified atom stereocenters. The van der Waals surface area contributed by atoms with E-state index in [4.69, 9.17) is 0 Å². The van der Waals surface area contributed by atoms with Gasteiger partial charge in [0.15, 0.2) is 0 Å². The van der Waals surface area contributed by atoms with E-state index in [9.17, 15) is 9.90 Å². The molecule has 2 aromatic carbocycles. The van der Waals surface area contributed by atoms with Gasteiger partial charge in [0.1, 0.15) is 22.5 Å². The number of rotatable bonds is 15. The summed E-state index contributed by atoms with van der Waals surface area (Å²) in [4.78, 5) is 16.4. The lowest BCUT2D eigenvalue weighted by atomic mass is 9.84. The van der Waals surface area contributed by atoms with Crippen molar-refractivity contribution in [3.05, 3.63) is 47.5 Å². The second-order valence-corrected chi connectivity index (χ2v) is 11.5. The van der Waals surface area contributed by atoms with Gasteiger partial charge in [-0.2, -0.15) is 0 Å². The van der Waals surface area contributed by atoms with Gasteiger partial charge in [0.05, 0.1) is 0 Å². The van der Waals surface area contributed by atoms with Crippen molar-refractivity contribution >= 4 is 32.9 Å². The first-order chi connectivity index (χ1) is 20.2. The molecule has 0 aliphatic rings. The monoisotopic (exact) mass is 645 g/mol. The van der Waals surface area contributed by atoms with E-state index in [-0.39, 0.29) is 17.1 Å². The quantitative estimate of drug-likeness (QED) is 0.129. The summed E-state index contributed by atoms with van der Waals surface area (Å²) in [5.41, 5.74) is 3.61. The highest BCUT2D eigenvalue weighted by Crippen LogP contribution is 2.36. The number of phenolic OH excluding ortho intramolecular Hbond substituents is 1. The van der Waals surface area contributed by atoms with Crippen molar-refractivity contribution in [2.24, 2.45) is 0 Å². The van der Waals surface area contributed by atoms with Crippen LogP contribution < -0.4 is 5.32 Å². The van der Waals surface area contributed by atoms with E-state index >= 15 is 0 Å². The summed E-state index contributed by atoms with van der Waals surface area (Å²) in [6.45, 7) is 15.3.